The molecule has 0 saturated carbocycles. The Hall–Kier alpha value is -6.03. The van der Waals surface area contributed by atoms with Gasteiger partial charge in [-0.05, 0) is 51.9 Å². The van der Waals surface area contributed by atoms with E-state index in [9.17, 15) is 0 Å². The van der Waals surface area contributed by atoms with Gasteiger partial charge in [0, 0.05) is 42.1 Å². The largest absolute Gasteiger partial charge is 0.291 e. The Morgan fingerprint density at radius 1 is 0.417 bits per heavy atom. The van der Waals surface area contributed by atoms with Crippen molar-refractivity contribution in [3.05, 3.63) is 170 Å². The SMILES string of the molecule is c1ccc(-c2nc3c4ccccc4c4cc(-c5cccc(-c6cccc7c6sc6ccccc67)c5)ccc4n3c2-c2ccccc2)cc1. The molecule has 7 aromatic carbocycles. The number of thiophene rings is 1. The topological polar surface area (TPSA) is 17.3 Å². The van der Waals surface area contributed by atoms with Crippen molar-refractivity contribution in [2.45, 2.75) is 0 Å². The maximum absolute atomic E-state index is 5.37. The maximum Gasteiger partial charge on any atom is 0.146 e. The fourth-order valence-electron chi connectivity index (χ4n) is 7.38. The summed E-state index contributed by atoms with van der Waals surface area (Å²) in [6.07, 6.45) is 0. The van der Waals surface area contributed by atoms with Crippen LogP contribution in [-0.4, -0.2) is 9.38 Å². The van der Waals surface area contributed by atoms with Gasteiger partial charge in [-0.1, -0.05) is 146 Å². The number of hydrogen-bond donors (Lipinski definition) is 0. The summed E-state index contributed by atoms with van der Waals surface area (Å²) in [4.78, 5) is 5.37. The molecular formula is C45H28N2S. The molecule has 3 aromatic heterocycles. The number of pyridine rings is 1. The monoisotopic (exact) mass is 628 g/mol. The molecule has 0 N–H and O–H groups in total. The molecule has 0 aliphatic rings. The molecule has 2 nitrogen and oxygen atoms in total. The van der Waals surface area contributed by atoms with Crippen LogP contribution in [0.25, 0.3) is 92.3 Å². The number of imidazole rings is 1. The Morgan fingerprint density at radius 3 is 1.88 bits per heavy atom. The van der Waals surface area contributed by atoms with Gasteiger partial charge in [-0.3, -0.25) is 4.40 Å². The molecular weight excluding hydrogens is 601 g/mol. The van der Waals surface area contributed by atoms with Gasteiger partial charge in [0.2, 0.25) is 0 Å². The van der Waals surface area contributed by atoms with E-state index in [1.807, 2.05) is 11.3 Å². The summed E-state index contributed by atoms with van der Waals surface area (Å²) in [5, 5.41) is 6.21. The first kappa shape index (κ1) is 27.1. The van der Waals surface area contributed by atoms with Gasteiger partial charge in [-0.25, -0.2) is 4.98 Å². The van der Waals surface area contributed by atoms with Crippen molar-refractivity contribution < 1.29 is 0 Å². The van der Waals surface area contributed by atoms with Crippen molar-refractivity contribution >= 4 is 58.8 Å². The van der Waals surface area contributed by atoms with E-state index in [0.717, 1.165) is 39.1 Å². The van der Waals surface area contributed by atoms with E-state index in [2.05, 4.69) is 174 Å². The number of fused-ring (bicyclic) bond motifs is 9. The van der Waals surface area contributed by atoms with Crippen LogP contribution in [0.3, 0.4) is 0 Å². The Morgan fingerprint density at radius 2 is 1.04 bits per heavy atom. The maximum atomic E-state index is 5.37. The average molecular weight is 629 g/mol. The number of benzene rings is 7. The highest BCUT2D eigenvalue weighted by atomic mass is 32.1. The molecule has 0 aliphatic carbocycles. The molecule has 48 heavy (non-hydrogen) atoms. The molecule has 0 spiro atoms. The van der Waals surface area contributed by atoms with Crippen LogP contribution >= 0.6 is 11.3 Å². The molecule has 0 radical (unpaired) electrons. The summed E-state index contributed by atoms with van der Waals surface area (Å²) in [6.45, 7) is 0. The van der Waals surface area contributed by atoms with Crippen molar-refractivity contribution in [1.82, 2.24) is 9.38 Å². The highest BCUT2D eigenvalue weighted by Crippen LogP contribution is 2.42. The summed E-state index contributed by atoms with van der Waals surface area (Å²) >= 11 is 1.88. The summed E-state index contributed by atoms with van der Waals surface area (Å²) in [5.41, 5.74) is 11.4. The van der Waals surface area contributed by atoms with E-state index < -0.39 is 0 Å². The van der Waals surface area contributed by atoms with Crippen molar-refractivity contribution in [1.29, 1.82) is 0 Å². The van der Waals surface area contributed by atoms with E-state index in [4.69, 9.17) is 4.98 Å². The lowest BCUT2D eigenvalue weighted by Crippen LogP contribution is -1.95. The third kappa shape index (κ3) is 4.15. The van der Waals surface area contributed by atoms with Crippen LogP contribution in [-0.2, 0) is 0 Å². The Bertz CT molecular complexity index is 2830. The van der Waals surface area contributed by atoms with Gasteiger partial charge < -0.3 is 0 Å². The third-order valence-electron chi connectivity index (χ3n) is 9.58. The number of aromatic nitrogens is 2. The molecule has 10 aromatic rings. The minimum absolute atomic E-state index is 0.974. The van der Waals surface area contributed by atoms with Crippen LogP contribution in [0.15, 0.2) is 170 Å². The van der Waals surface area contributed by atoms with E-state index >= 15 is 0 Å². The Labute approximate surface area is 281 Å². The molecule has 0 bridgehead atoms. The fraction of sp³-hybridized carbons (Fsp3) is 0. The zero-order valence-electron chi connectivity index (χ0n) is 26.0. The zero-order valence-corrected chi connectivity index (χ0v) is 26.8. The van der Waals surface area contributed by atoms with Crippen LogP contribution in [0.4, 0.5) is 0 Å². The van der Waals surface area contributed by atoms with Crippen molar-refractivity contribution in [2.75, 3.05) is 0 Å². The molecule has 0 amide bonds. The highest BCUT2D eigenvalue weighted by Gasteiger charge is 2.21. The standard InChI is InChI=1S/C45H28N2S/c1-3-13-29(14-4-1)42-43(30-15-5-2-6-16-30)47-40-26-25-32(28-39(40)35-19-7-8-21-38(35)45(47)46-42)31-17-11-18-33(27-31)34-22-12-23-37-36-20-9-10-24-41(36)48-44(34)37/h1-28H. The van der Waals surface area contributed by atoms with Gasteiger partial charge in [0.15, 0.2) is 0 Å². The van der Waals surface area contributed by atoms with Crippen LogP contribution in [0.5, 0.6) is 0 Å². The van der Waals surface area contributed by atoms with E-state index in [1.54, 1.807) is 0 Å². The second-order valence-electron chi connectivity index (χ2n) is 12.3. The quantitative estimate of drug-likeness (QED) is 0.177. The third-order valence-corrected chi connectivity index (χ3v) is 10.8. The Kier molecular flexibility index (Phi) is 6.08. The lowest BCUT2D eigenvalue weighted by Gasteiger charge is -2.14. The van der Waals surface area contributed by atoms with Gasteiger partial charge in [-0.2, -0.15) is 0 Å². The first-order valence-electron chi connectivity index (χ1n) is 16.3. The van der Waals surface area contributed by atoms with Crippen molar-refractivity contribution in [3.63, 3.8) is 0 Å². The summed E-state index contributed by atoms with van der Waals surface area (Å²) in [6, 6.07) is 61.3. The predicted molar refractivity (Wildman–Crippen MR) is 205 cm³/mol. The van der Waals surface area contributed by atoms with Gasteiger partial charge in [0.05, 0.1) is 16.9 Å². The summed E-state index contributed by atoms with van der Waals surface area (Å²) < 4.78 is 5.04. The van der Waals surface area contributed by atoms with Crippen LogP contribution in [0.1, 0.15) is 0 Å². The first-order valence-corrected chi connectivity index (χ1v) is 17.1. The molecule has 0 atom stereocenters. The summed E-state index contributed by atoms with van der Waals surface area (Å²) in [5.74, 6) is 0. The lowest BCUT2D eigenvalue weighted by atomic mass is 9.96. The van der Waals surface area contributed by atoms with Crippen molar-refractivity contribution in [2.24, 2.45) is 0 Å². The fourth-order valence-corrected chi connectivity index (χ4v) is 8.61. The predicted octanol–water partition coefficient (Wildman–Crippen LogP) is 12.7. The molecule has 10 rings (SSSR count). The van der Waals surface area contributed by atoms with Gasteiger partial charge in [0.1, 0.15) is 5.65 Å². The van der Waals surface area contributed by atoms with E-state index in [1.165, 1.54) is 53.2 Å². The summed E-state index contributed by atoms with van der Waals surface area (Å²) in [7, 11) is 0. The van der Waals surface area contributed by atoms with E-state index in [0.29, 0.717) is 0 Å². The van der Waals surface area contributed by atoms with Crippen LogP contribution < -0.4 is 0 Å². The van der Waals surface area contributed by atoms with E-state index in [-0.39, 0.29) is 0 Å². The molecule has 0 saturated heterocycles. The second kappa shape index (κ2) is 10.8. The smallest absolute Gasteiger partial charge is 0.146 e. The molecule has 0 aliphatic heterocycles. The number of nitrogens with zero attached hydrogens (tertiary/aromatic N) is 2. The van der Waals surface area contributed by atoms with Crippen LogP contribution in [0, 0.1) is 0 Å². The van der Waals surface area contributed by atoms with Gasteiger partial charge in [-0.15, -0.1) is 11.3 Å². The molecule has 3 heteroatoms. The lowest BCUT2D eigenvalue weighted by molar-refractivity contribution is 1.27. The zero-order chi connectivity index (χ0) is 31.6. The average Bonchev–Trinajstić information content (AvgIpc) is 3.76. The normalized spacial score (nSPS) is 11.8. The van der Waals surface area contributed by atoms with Gasteiger partial charge in [0.25, 0.3) is 0 Å². The molecule has 3 heterocycles. The molecule has 0 unspecified atom stereocenters. The minimum Gasteiger partial charge on any atom is -0.291 e. The first-order chi connectivity index (χ1) is 23.8. The highest BCUT2D eigenvalue weighted by molar-refractivity contribution is 7.26. The number of hydrogen-bond acceptors (Lipinski definition) is 2. The second-order valence-corrected chi connectivity index (χ2v) is 13.4. The molecule has 224 valence electrons. The Balaban J connectivity index is 1.21. The number of rotatable bonds is 4. The van der Waals surface area contributed by atoms with Gasteiger partial charge >= 0.3 is 0 Å². The molecule has 0 fully saturated rings. The van der Waals surface area contributed by atoms with Crippen LogP contribution in [0.2, 0.25) is 0 Å². The minimum atomic E-state index is 0.974. The van der Waals surface area contributed by atoms with Crippen molar-refractivity contribution in [3.8, 4) is 44.8 Å².